The summed E-state index contributed by atoms with van der Waals surface area (Å²) in [6.45, 7) is 9.57. The van der Waals surface area contributed by atoms with Crippen molar-refractivity contribution in [3.63, 3.8) is 0 Å². The normalized spacial score (nSPS) is 14.3. The SMILES string of the molecule is CCCCCCCCCCCCCCC(=O)OC[C@H](COP(=O)(O)OC[C@@H](O)COP(=O)(O)OC[C@@H](COC(=O)CCCCCCCCC(C)CC)OC(=O)CCCCCCCCCCCCCC)OC(=O)CCCCCCCCCCCCCCCCCCC(C)C. The van der Waals surface area contributed by atoms with Gasteiger partial charge in [0.25, 0.3) is 0 Å². The van der Waals surface area contributed by atoms with Crippen molar-refractivity contribution in [3.05, 3.63) is 0 Å². The van der Waals surface area contributed by atoms with Crippen molar-refractivity contribution in [2.75, 3.05) is 39.6 Å². The molecular weight excluding hydrogens is 1220 g/mol. The van der Waals surface area contributed by atoms with Gasteiger partial charge in [-0.05, 0) is 37.5 Å². The molecule has 0 aromatic heterocycles. The Morgan fingerprint density at radius 1 is 0.312 bits per heavy atom. The second kappa shape index (κ2) is 66.0. The maximum absolute atomic E-state index is 13.1. The number of aliphatic hydroxyl groups excluding tert-OH is 1. The van der Waals surface area contributed by atoms with Gasteiger partial charge in [0.1, 0.15) is 19.3 Å². The van der Waals surface area contributed by atoms with Crippen LogP contribution in [0.25, 0.3) is 0 Å². The molecule has 552 valence electrons. The highest BCUT2D eigenvalue weighted by Crippen LogP contribution is 2.45. The minimum Gasteiger partial charge on any atom is -0.462 e. The Kier molecular flexibility index (Phi) is 64.6. The standard InChI is InChI=1S/C74H144O17P2/c1-7-10-12-14-16-18-20-29-33-37-44-50-56-71(76)84-62-69(90-74(79)59-53-47-39-35-31-27-25-23-22-24-26-28-32-36-42-48-54-66(4)5)64-88-92(80,81)86-60-68(75)61-87-93(82,83)89-65-70(63-85-72(77)57-51-45-41-40-43-49-55-67(6)9-3)91-73(78)58-52-46-38-34-30-21-19-17-15-13-11-8-2/h66-70,75H,7-65H2,1-6H3,(H,80,81)(H,82,83)/t67?,68-,69-,70-/m1/s1. The number of phosphoric acid groups is 2. The average molecular weight is 1370 g/mol. The first kappa shape index (κ1) is 91.1. The number of hydrogen-bond donors (Lipinski definition) is 3. The highest BCUT2D eigenvalue weighted by molar-refractivity contribution is 7.47. The third-order valence-electron chi connectivity index (χ3n) is 17.6. The number of carbonyl (C=O) groups excluding carboxylic acids is 4. The minimum atomic E-state index is -4.95. The summed E-state index contributed by atoms with van der Waals surface area (Å²) in [5, 5.41) is 10.6. The lowest BCUT2D eigenvalue weighted by molar-refractivity contribution is -0.161. The van der Waals surface area contributed by atoms with E-state index in [9.17, 15) is 43.2 Å². The summed E-state index contributed by atoms with van der Waals surface area (Å²) in [6, 6.07) is 0. The predicted molar refractivity (Wildman–Crippen MR) is 377 cm³/mol. The zero-order chi connectivity index (χ0) is 68.6. The summed E-state index contributed by atoms with van der Waals surface area (Å²) in [7, 11) is -9.91. The highest BCUT2D eigenvalue weighted by atomic mass is 31.2. The Morgan fingerprint density at radius 2 is 0.548 bits per heavy atom. The van der Waals surface area contributed by atoms with Gasteiger partial charge in [0.05, 0.1) is 26.4 Å². The number of unbranched alkanes of at least 4 members (excludes halogenated alkanes) is 42. The summed E-state index contributed by atoms with van der Waals surface area (Å²) < 4.78 is 68.4. The molecule has 17 nitrogen and oxygen atoms in total. The molecule has 6 atom stereocenters. The van der Waals surface area contributed by atoms with Gasteiger partial charge in [0.2, 0.25) is 0 Å². The quantitative estimate of drug-likeness (QED) is 0.0222. The molecule has 3 unspecified atom stereocenters. The topological polar surface area (TPSA) is 237 Å². The van der Waals surface area contributed by atoms with E-state index < -0.39 is 97.5 Å². The fourth-order valence-electron chi connectivity index (χ4n) is 11.3. The van der Waals surface area contributed by atoms with Crippen LogP contribution in [0.3, 0.4) is 0 Å². The summed E-state index contributed by atoms with van der Waals surface area (Å²) in [4.78, 5) is 72.7. The number of phosphoric ester groups is 2. The van der Waals surface area contributed by atoms with Crippen LogP contribution in [0.15, 0.2) is 0 Å². The molecule has 0 radical (unpaired) electrons. The van der Waals surface area contributed by atoms with E-state index in [1.807, 2.05) is 0 Å². The van der Waals surface area contributed by atoms with E-state index in [0.717, 1.165) is 108 Å². The second-order valence-corrected chi connectivity index (χ2v) is 30.3. The van der Waals surface area contributed by atoms with Crippen LogP contribution in [0.4, 0.5) is 0 Å². The molecule has 0 aliphatic heterocycles. The van der Waals surface area contributed by atoms with Gasteiger partial charge in [0.15, 0.2) is 12.2 Å². The first-order valence-corrected chi connectivity index (χ1v) is 41.5. The van der Waals surface area contributed by atoms with Crippen molar-refractivity contribution in [2.24, 2.45) is 11.8 Å². The van der Waals surface area contributed by atoms with Gasteiger partial charge in [-0.1, -0.05) is 330 Å². The van der Waals surface area contributed by atoms with Gasteiger partial charge in [-0.2, -0.15) is 0 Å². The van der Waals surface area contributed by atoms with E-state index >= 15 is 0 Å². The highest BCUT2D eigenvalue weighted by Gasteiger charge is 2.30. The largest absolute Gasteiger partial charge is 0.472 e. The molecule has 0 heterocycles. The number of aliphatic hydroxyl groups is 1. The number of rotatable bonds is 73. The van der Waals surface area contributed by atoms with Crippen LogP contribution in [0.2, 0.25) is 0 Å². The molecule has 93 heavy (non-hydrogen) atoms. The van der Waals surface area contributed by atoms with Crippen molar-refractivity contribution in [1.82, 2.24) is 0 Å². The Balaban J connectivity index is 5.22. The third-order valence-corrected chi connectivity index (χ3v) is 19.5. The van der Waals surface area contributed by atoms with Crippen LogP contribution in [0, 0.1) is 11.8 Å². The summed E-state index contributed by atoms with van der Waals surface area (Å²) >= 11 is 0. The molecule has 3 N–H and O–H groups in total. The van der Waals surface area contributed by atoms with Gasteiger partial charge in [-0.3, -0.25) is 37.3 Å². The number of carbonyl (C=O) groups is 4. The van der Waals surface area contributed by atoms with E-state index in [1.54, 1.807) is 0 Å². The van der Waals surface area contributed by atoms with Crippen molar-refractivity contribution in [3.8, 4) is 0 Å². The predicted octanol–water partition coefficient (Wildman–Crippen LogP) is 21.6. The molecule has 0 aromatic carbocycles. The van der Waals surface area contributed by atoms with Crippen molar-refractivity contribution < 1.29 is 80.2 Å². The summed E-state index contributed by atoms with van der Waals surface area (Å²) in [6.07, 6.45) is 52.6. The van der Waals surface area contributed by atoms with Crippen molar-refractivity contribution in [2.45, 2.75) is 400 Å². The number of esters is 4. The zero-order valence-electron chi connectivity index (χ0n) is 60.6. The molecule has 0 aliphatic carbocycles. The van der Waals surface area contributed by atoms with Crippen LogP contribution in [0.1, 0.15) is 382 Å². The van der Waals surface area contributed by atoms with Crippen LogP contribution < -0.4 is 0 Å². The van der Waals surface area contributed by atoms with Gasteiger partial charge in [-0.25, -0.2) is 9.13 Å². The van der Waals surface area contributed by atoms with Gasteiger partial charge < -0.3 is 33.8 Å². The van der Waals surface area contributed by atoms with Gasteiger partial charge in [0, 0.05) is 25.7 Å². The Morgan fingerprint density at radius 3 is 0.817 bits per heavy atom. The van der Waals surface area contributed by atoms with Crippen molar-refractivity contribution >= 4 is 39.5 Å². The molecule has 0 aliphatic rings. The molecule has 19 heteroatoms. The van der Waals surface area contributed by atoms with E-state index in [4.69, 9.17) is 37.0 Å². The molecule has 0 amide bonds. The smallest absolute Gasteiger partial charge is 0.462 e. The molecule has 0 spiro atoms. The third kappa shape index (κ3) is 67.0. The first-order valence-electron chi connectivity index (χ1n) is 38.5. The molecule has 0 fully saturated rings. The monoisotopic (exact) mass is 1370 g/mol. The maximum atomic E-state index is 13.1. The van der Waals surface area contributed by atoms with E-state index in [0.29, 0.717) is 25.7 Å². The molecule has 0 saturated carbocycles. The zero-order valence-corrected chi connectivity index (χ0v) is 62.3. The Bertz CT molecular complexity index is 1810. The lowest BCUT2D eigenvalue weighted by Gasteiger charge is -2.21. The second-order valence-electron chi connectivity index (χ2n) is 27.4. The molecule has 0 rings (SSSR count). The number of hydrogen-bond acceptors (Lipinski definition) is 15. The summed E-state index contributed by atoms with van der Waals surface area (Å²) in [5.41, 5.74) is 0. The number of ether oxygens (including phenoxy) is 4. The van der Waals surface area contributed by atoms with Crippen LogP contribution in [-0.2, 0) is 65.4 Å². The average Bonchev–Trinajstić information content (AvgIpc) is 1.70. The summed E-state index contributed by atoms with van der Waals surface area (Å²) in [5.74, 6) is -0.577. The van der Waals surface area contributed by atoms with Gasteiger partial charge in [-0.15, -0.1) is 0 Å². The molecule has 0 bridgehead atoms. The maximum Gasteiger partial charge on any atom is 0.472 e. The Hall–Kier alpha value is -1.94. The fourth-order valence-corrected chi connectivity index (χ4v) is 12.8. The van der Waals surface area contributed by atoms with Crippen LogP contribution >= 0.6 is 15.6 Å². The molecule has 0 saturated heterocycles. The van der Waals surface area contributed by atoms with E-state index in [2.05, 4.69) is 41.5 Å². The molecule has 0 aromatic rings. The lowest BCUT2D eigenvalue weighted by atomic mass is 10.00. The van der Waals surface area contributed by atoms with E-state index in [-0.39, 0.29) is 25.7 Å². The Labute approximate surface area is 568 Å². The van der Waals surface area contributed by atoms with Crippen LogP contribution in [-0.4, -0.2) is 96.7 Å². The van der Waals surface area contributed by atoms with E-state index in [1.165, 1.54) is 193 Å². The fraction of sp³-hybridized carbons (Fsp3) is 0.946. The first-order chi connectivity index (χ1) is 44.9. The van der Waals surface area contributed by atoms with Crippen molar-refractivity contribution in [1.29, 1.82) is 0 Å². The molecular formula is C74H144O17P2. The van der Waals surface area contributed by atoms with Gasteiger partial charge >= 0.3 is 39.5 Å². The minimum absolute atomic E-state index is 0.107. The van der Waals surface area contributed by atoms with Crippen LogP contribution in [0.5, 0.6) is 0 Å². The lowest BCUT2D eigenvalue weighted by Crippen LogP contribution is -2.30.